The Hall–Kier alpha value is -2.76. The molecule has 0 atom stereocenters. The first-order chi connectivity index (χ1) is 10.2. The molecule has 1 aliphatic rings. The van der Waals surface area contributed by atoms with Crippen LogP contribution in [0.5, 0.6) is 5.75 Å². The van der Waals surface area contributed by atoms with Gasteiger partial charge in [-0.15, -0.1) is 0 Å². The van der Waals surface area contributed by atoms with Gasteiger partial charge < -0.3 is 19.8 Å². The predicted octanol–water partition coefficient (Wildman–Crippen LogP) is 1.47. The van der Waals surface area contributed by atoms with E-state index in [1.165, 1.54) is 0 Å². The number of benzene rings is 1. The summed E-state index contributed by atoms with van der Waals surface area (Å²) in [5.74, 6) is 0.334. The van der Waals surface area contributed by atoms with E-state index in [1.54, 1.807) is 30.7 Å². The second-order valence-corrected chi connectivity index (χ2v) is 4.75. The van der Waals surface area contributed by atoms with Crippen LogP contribution >= 0.6 is 0 Å². The van der Waals surface area contributed by atoms with Gasteiger partial charge >= 0.3 is 0 Å². The van der Waals surface area contributed by atoms with E-state index in [9.17, 15) is 9.59 Å². The molecule has 0 spiro atoms. The minimum atomic E-state index is -0.191. The highest BCUT2D eigenvalue weighted by Crippen LogP contribution is 2.28. The van der Waals surface area contributed by atoms with Crippen LogP contribution in [-0.2, 0) is 22.6 Å². The van der Waals surface area contributed by atoms with Gasteiger partial charge in [0.25, 0.3) is 5.91 Å². The molecule has 108 valence electrons. The third-order valence-corrected chi connectivity index (χ3v) is 3.11. The van der Waals surface area contributed by atoms with Crippen molar-refractivity contribution in [2.24, 2.45) is 0 Å². The fourth-order valence-electron chi connectivity index (χ4n) is 2.08. The minimum absolute atomic E-state index is 0.0253. The average Bonchev–Trinajstić information content (AvgIpc) is 2.98. The number of hydrogen-bond donors (Lipinski definition) is 2. The Bertz CT molecular complexity index is 664. The van der Waals surface area contributed by atoms with Gasteiger partial charge in [0, 0.05) is 12.1 Å². The highest BCUT2D eigenvalue weighted by molar-refractivity contribution is 5.95. The molecule has 6 heteroatoms. The van der Waals surface area contributed by atoms with Crippen molar-refractivity contribution < 1.29 is 18.7 Å². The summed E-state index contributed by atoms with van der Waals surface area (Å²) in [7, 11) is 0. The number of rotatable bonds is 4. The van der Waals surface area contributed by atoms with Crippen LogP contribution in [-0.4, -0.2) is 18.4 Å². The molecule has 0 aliphatic carbocycles. The fourth-order valence-corrected chi connectivity index (χ4v) is 2.08. The van der Waals surface area contributed by atoms with E-state index in [0.717, 1.165) is 11.1 Å². The molecule has 1 aliphatic heterocycles. The molecule has 2 heterocycles. The van der Waals surface area contributed by atoms with Crippen LogP contribution < -0.4 is 15.4 Å². The molecule has 2 aromatic rings. The Balaban J connectivity index is 1.61. The Morgan fingerprint density at radius 1 is 1.29 bits per heavy atom. The molecule has 2 amide bonds. The van der Waals surface area contributed by atoms with Gasteiger partial charge in [-0.3, -0.25) is 9.59 Å². The number of amides is 2. The van der Waals surface area contributed by atoms with E-state index < -0.39 is 0 Å². The molecular formula is C15H14N2O4. The predicted molar refractivity (Wildman–Crippen MR) is 74.8 cm³/mol. The number of furan rings is 1. The van der Waals surface area contributed by atoms with E-state index in [0.29, 0.717) is 18.0 Å². The lowest BCUT2D eigenvalue weighted by Crippen LogP contribution is -2.26. The van der Waals surface area contributed by atoms with Crippen LogP contribution in [0.2, 0.25) is 0 Å². The standard InChI is InChI=1S/C15H14N2O4/c18-14(16-7-11-3-4-20-8-11)6-10-1-2-13-12(5-10)17-15(19)9-21-13/h1-5,8H,6-7,9H2,(H,16,18)(H,17,19). The van der Waals surface area contributed by atoms with E-state index in [1.807, 2.05) is 6.07 Å². The molecule has 6 nitrogen and oxygen atoms in total. The van der Waals surface area contributed by atoms with Gasteiger partial charge in [-0.2, -0.15) is 0 Å². The van der Waals surface area contributed by atoms with Gasteiger partial charge in [0.05, 0.1) is 24.6 Å². The van der Waals surface area contributed by atoms with Crippen LogP contribution in [0.25, 0.3) is 0 Å². The highest BCUT2D eigenvalue weighted by Gasteiger charge is 2.16. The first-order valence-corrected chi connectivity index (χ1v) is 6.54. The van der Waals surface area contributed by atoms with Gasteiger partial charge in [-0.25, -0.2) is 0 Å². The molecule has 1 aromatic carbocycles. The summed E-state index contributed by atoms with van der Waals surface area (Å²) in [6.45, 7) is 0.456. The Morgan fingerprint density at radius 3 is 3.00 bits per heavy atom. The van der Waals surface area contributed by atoms with Crippen molar-refractivity contribution in [3.05, 3.63) is 47.9 Å². The summed E-state index contributed by atoms with van der Waals surface area (Å²) in [5.41, 5.74) is 2.32. The zero-order valence-corrected chi connectivity index (χ0v) is 11.2. The number of hydrogen-bond acceptors (Lipinski definition) is 4. The number of nitrogens with one attached hydrogen (secondary N) is 2. The van der Waals surface area contributed by atoms with Gasteiger partial charge in [-0.1, -0.05) is 6.07 Å². The number of anilines is 1. The molecule has 0 fully saturated rings. The minimum Gasteiger partial charge on any atom is -0.482 e. The number of carbonyl (C=O) groups is 2. The Morgan fingerprint density at radius 2 is 2.19 bits per heavy atom. The van der Waals surface area contributed by atoms with Crippen LogP contribution in [0, 0.1) is 0 Å². The summed E-state index contributed by atoms with van der Waals surface area (Å²) in [5, 5.41) is 5.52. The Labute approximate surface area is 121 Å². The molecule has 0 saturated carbocycles. The zero-order chi connectivity index (χ0) is 14.7. The molecule has 2 N–H and O–H groups in total. The third-order valence-electron chi connectivity index (χ3n) is 3.11. The number of fused-ring (bicyclic) bond motifs is 1. The topological polar surface area (TPSA) is 80.6 Å². The fraction of sp³-hybridized carbons (Fsp3) is 0.200. The van der Waals surface area contributed by atoms with Crippen molar-refractivity contribution in [3.63, 3.8) is 0 Å². The van der Waals surface area contributed by atoms with Crippen molar-refractivity contribution >= 4 is 17.5 Å². The third kappa shape index (κ3) is 3.22. The highest BCUT2D eigenvalue weighted by atomic mass is 16.5. The van der Waals surface area contributed by atoms with Crippen molar-refractivity contribution in [2.45, 2.75) is 13.0 Å². The average molecular weight is 286 g/mol. The maximum absolute atomic E-state index is 11.9. The molecule has 0 unspecified atom stereocenters. The number of carbonyl (C=O) groups excluding carboxylic acids is 2. The monoisotopic (exact) mass is 286 g/mol. The van der Waals surface area contributed by atoms with Crippen molar-refractivity contribution in [3.8, 4) is 5.75 Å². The zero-order valence-electron chi connectivity index (χ0n) is 11.2. The molecule has 0 saturated heterocycles. The Kier molecular flexibility index (Phi) is 3.59. The SMILES string of the molecule is O=C(Cc1ccc2c(c1)NC(=O)CO2)NCc1ccoc1. The van der Waals surface area contributed by atoms with E-state index in [4.69, 9.17) is 9.15 Å². The second-order valence-electron chi connectivity index (χ2n) is 4.75. The number of ether oxygens (including phenoxy) is 1. The molecular weight excluding hydrogens is 272 g/mol. The summed E-state index contributed by atoms with van der Waals surface area (Å²) in [4.78, 5) is 23.1. The summed E-state index contributed by atoms with van der Waals surface area (Å²) in [6.07, 6.45) is 3.39. The van der Waals surface area contributed by atoms with Gasteiger partial charge in [0.15, 0.2) is 6.61 Å². The van der Waals surface area contributed by atoms with E-state index in [-0.39, 0.29) is 24.8 Å². The van der Waals surface area contributed by atoms with Crippen molar-refractivity contribution in [2.75, 3.05) is 11.9 Å². The summed E-state index contributed by atoms with van der Waals surface area (Å²) in [6, 6.07) is 7.12. The van der Waals surface area contributed by atoms with Crippen molar-refractivity contribution in [1.82, 2.24) is 5.32 Å². The van der Waals surface area contributed by atoms with Crippen LogP contribution in [0.3, 0.4) is 0 Å². The van der Waals surface area contributed by atoms with Crippen LogP contribution in [0.4, 0.5) is 5.69 Å². The first kappa shape index (κ1) is 13.2. The maximum Gasteiger partial charge on any atom is 0.262 e. The summed E-state index contributed by atoms with van der Waals surface area (Å²) < 4.78 is 10.2. The van der Waals surface area contributed by atoms with Gasteiger partial charge in [-0.05, 0) is 23.8 Å². The second kappa shape index (κ2) is 5.70. The first-order valence-electron chi connectivity index (χ1n) is 6.54. The van der Waals surface area contributed by atoms with Crippen LogP contribution in [0.15, 0.2) is 41.2 Å². The normalized spacial score (nSPS) is 13.0. The quantitative estimate of drug-likeness (QED) is 0.892. The largest absolute Gasteiger partial charge is 0.482 e. The smallest absolute Gasteiger partial charge is 0.262 e. The molecule has 0 bridgehead atoms. The van der Waals surface area contributed by atoms with Gasteiger partial charge in [0.2, 0.25) is 5.91 Å². The summed E-state index contributed by atoms with van der Waals surface area (Å²) >= 11 is 0. The van der Waals surface area contributed by atoms with Crippen LogP contribution in [0.1, 0.15) is 11.1 Å². The van der Waals surface area contributed by atoms with Gasteiger partial charge in [0.1, 0.15) is 5.75 Å². The molecule has 0 radical (unpaired) electrons. The maximum atomic E-state index is 11.9. The molecule has 21 heavy (non-hydrogen) atoms. The van der Waals surface area contributed by atoms with E-state index in [2.05, 4.69) is 10.6 Å². The molecule has 1 aromatic heterocycles. The lowest BCUT2D eigenvalue weighted by atomic mass is 10.1. The van der Waals surface area contributed by atoms with E-state index >= 15 is 0 Å². The lowest BCUT2D eigenvalue weighted by molar-refractivity contribution is -0.120. The molecule has 3 rings (SSSR count). The van der Waals surface area contributed by atoms with Crippen molar-refractivity contribution in [1.29, 1.82) is 0 Å². The lowest BCUT2D eigenvalue weighted by Gasteiger charge is -2.18.